The second-order valence-corrected chi connectivity index (χ2v) is 20.9. The van der Waals surface area contributed by atoms with Crippen molar-refractivity contribution in [1.29, 1.82) is 0 Å². The smallest absolute Gasteiger partial charge is 0.410 e. The summed E-state index contributed by atoms with van der Waals surface area (Å²) < 4.78 is 27.6. The molecule has 1 fully saturated rings. The van der Waals surface area contributed by atoms with Crippen LogP contribution in [0.5, 0.6) is 11.5 Å². The molecule has 0 spiro atoms. The maximum absolute atomic E-state index is 13.1. The Balaban J connectivity index is 1.17. The van der Waals surface area contributed by atoms with Crippen LogP contribution in [-0.4, -0.2) is 111 Å². The summed E-state index contributed by atoms with van der Waals surface area (Å²) in [7, 11) is 2.62. The molecule has 0 aliphatic carbocycles. The molecule has 1 aliphatic rings. The van der Waals surface area contributed by atoms with Crippen molar-refractivity contribution in [2.75, 3.05) is 81.3 Å². The second-order valence-electron chi connectivity index (χ2n) is 15.4. The van der Waals surface area contributed by atoms with E-state index in [1.54, 1.807) is 30.5 Å². The van der Waals surface area contributed by atoms with E-state index in [0.29, 0.717) is 64.5 Å². The van der Waals surface area contributed by atoms with Gasteiger partial charge in [-0.3, -0.25) is 8.97 Å². The van der Waals surface area contributed by atoms with Crippen molar-refractivity contribution in [3.05, 3.63) is 114 Å². The number of hydrogen-bond donors (Lipinski definition) is 0. The molecule has 0 N–H and O–H groups in total. The highest BCUT2D eigenvalue weighted by atomic mass is 32.3. The molecule has 1 amide bonds. The first-order chi connectivity index (χ1) is 29.2. The van der Waals surface area contributed by atoms with E-state index in [4.69, 9.17) is 33.9 Å². The van der Waals surface area contributed by atoms with Crippen LogP contribution in [0, 0.1) is 0 Å². The van der Waals surface area contributed by atoms with Gasteiger partial charge in [-0.15, -0.1) is 11.3 Å². The molecule has 16 heteroatoms. The van der Waals surface area contributed by atoms with E-state index in [1.165, 1.54) is 0 Å². The third-order valence-electron chi connectivity index (χ3n) is 10.4. The van der Waals surface area contributed by atoms with Crippen LogP contribution in [0.2, 0.25) is 0 Å². The van der Waals surface area contributed by atoms with E-state index in [9.17, 15) is 4.79 Å². The Morgan fingerprint density at radius 1 is 0.850 bits per heavy atom. The Labute approximate surface area is 355 Å². The fourth-order valence-electron chi connectivity index (χ4n) is 7.16. The normalized spacial score (nSPS) is 13.6. The van der Waals surface area contributed by atoms with Gasteiger partial charge in [0.05, 0.1) is 38.5 Å². The van der Waals surface area contributed by atoms with Crippen LogP contribution in [0.25, 0.3) is 27.3 Å². The van der Waals surface area contributed by atoms with E-state index >= 15 is 0 Å². The number of thiazole rings is 1. The minimum atomic E-state index is -0.737. The van der Waals surface area contributed by atoms with Crippen LogP contribution in [-0.2, 0) is 35.9 Å². The maximum Gasteiger partial charge on any atom is 0.410 e. The summed E-state index contributed by atoms with van der Waals surface area (Å²) in [5, 5.41) is 2.83. The number of aromatic nitrogens is 6. The Morgan fingerprint density at radius 2 is 1.65 bits per heavy atom. The van der Waals surface area contributed by atoms with Gasteiger partial charge in [-0.25, -0.2) is 24.8 Å². The fraction of sp³-hybridized carbons (Fsp3) is 0.341. The van der Waals surface area contributed by atoms with Crippen molar-refractivity contribution in [1.82, 2.24) is 33.8 Å². The number of fused-ring (bicyclic) bond motifs is 2. The minimum Gasteiger partial charge on any atom is -0.497 e. The van der Waals surface area contributed by atoms with Gasteiger partial charge in [0.1, 0.15) is 41.2 Å². The average molecular weight is 850 g/mol. The number of nitrogens with zero attached hydrogens (tertiary/aromatic N) is 9. The fourth-order valence-corrected chi connectivity index (χ4v) is 8.44. The molecule has 0 radical (unpaired) electrons. The molecule has 0 bridgehead atoms. The van der Waals surface area contributed by atoms with Gasteiger partial charge < -0.3 is 33.6 Å². The highest BCUT2D eigenvalue weighted by Crippen LogP contribution is 2.35. The predicted octanol–water partition coefficient (Wildman–Crippen LogP) is 7.55. The van der Waals surface area contributed by atoms with Crippen LogP contribution in [0.3, 0.4) is 0 Å². The van der Waals surface area contributed by atoms with Crippen molar-refractivity contribution < 1.29 is 23.7 Å². The molecule has 5 heterocycles. The molecule has 0 saturated carbocycles. The van der Waals surface area contributed by atoms with Gasteiger partial charge in [-0.05, 0) is 60.2 Å². The van der Waals surface area contributed by atoms with Crippen LogP contribution in [0.4, 0.5) is 16.7 Å². The number of rotatable bonds is 16. The Bertz CT molecular complexity index is 2510. The second kappa shape index (κ2) is 18.2. The third-order valence-corrected chi connectivity index (χ3v) is 12.6. The molecule has 8 rings (SSSR count). The summed E-state index contributed by atoms with van der Waals surface area (Å²) >= 11 is 1.57. The number of carbonyl (C=O) groups is 1. The first-order valence-corrected chi connectivity index (χ1v) is 23.7. The number of carbonyl (C=O) groups excluding carboxylic acids is 1. The zero-order valence-corrected chi connectivity index (χ0v) is 36.3. The van der Waals surface area contributed by atoms with Crippen molar-refractivity contribution in [2.45, 2.75) is 26.4 Å². The molecule has 60 heavy (non-hydrogen) atoms. The molecule has 14 nitrogen and oxygen atoms in total. The number of anilines is 2. The number of benzene rings is 3. The van der Waals surface area contributed by atoms with Crippen molar-refractivity contribution in [3.63, 3.8) is 0 Å². The molecule has 7 aromatic rings. The van der Waals surface area contributed by atoms with E-state index < -0.39 is 10.0 Å². The summed E-state index contributed by atoms with van der Waals surface area (Å²) in [5.74, 6) is 4.55. The van der Waals surface area contributed by atoms with Gasteiger partial charge in [0.25, 0.3) is 0 Å². The average Bonchev–Trinajstić information content (AvgIpc) is 4.03. The molecule has 1 saturated heterocycles. The lowest BCUT2D eigenvalue weighted by Crippen LogP contribution is -2.49. The molecule has 4 aromatic heterocycles. The van der Waals surface area contributed by atoms with Gasteiger partial charge in [0.15, 0.2) is 5.65 Å². The SMILES string of the molecule is COc1ccc(CN(Cc2nc3cccc(OC)c3n2COCCS(C)(C)C)c2nc(N3CCN(C(=O)OCc4ccccc4)CC3)nc3c(-c4nccs4)ccn23)cc1. The minimum absolute atomic E-state index is 0.228. The molecule has 3 aromatic carbocycles. The summed E-state index contributed by atoms with van der Waals surface area (Å²) in [6.45, 7) is 4.07. The number of imidazole rings is 1. The summed E-state index contributed by atoms with van der Waals surface area (Å²) in [6, 6.07) is 25.8. The molecular weight excluding hydrogens is 799 g/mol. The van der Waals surface area contributed by atoms with Gasteiger partial charge in [0.2, 0.25) is 11.9 Å². The van der Waals surface area contributed by atoms with E-state index in [2.05, 4.69) is 50.3 Å². The zero-order valence-electron chi connectivity index (χ0n) is 34.7. The number of piperazine rings is 1. The maximum atomic E-state index is 13.1. The highest BCUT2D eigenvalue weighted by molar-refractivity contribution is 8.32. The molecule has 0 unspecified atom stereocenters. The van der Waals surface area contributed by atoms with Crippen molar-refractivity contribution in [2.24, 2.45) is 0 Å². The topological polar surface area (TPSA) is 125 Å². The van der Waals surface area contributed by atoms with E-state index in [-0.39, 0.29) is 12.7 Å². The number of hydrogen-bond acceptors (Lipinski definition) is 12. The lowest BCUT2D eigenvalue weighted by molar-refractivity contribution is 0.0900. The zero-order chi connectivity index (χ0) is 41.6. The third kappa shape index (κ3) is 9.30. The van der Waals surface area contributed by atoms with Crippen molar-refractivity contribution >= 4 is 56.0 Å². The quantitative estimate of drug-likeness (QED) is 0.0896. The first-order valence-electron chi connectivity index (χ1n) is 19.8. The molecule has 0 atom stereocenters. The lowest BCUT2D eigenvalue weighted by atomic mass is 10.2. The Hall–Kier alpha value is -5.84. The van der Waals surface area contributed by atoms with Crippen LogP contribution in [0.1, 0.15) is 17.0 Å². The highest BCUT2D eigenvalue weighted by Gasteiger charge is 2.28. The van der Waals surface area contributed by atoms with Crippen LogP contribution >= 0.6 is 21.4 Å². The molecule has 1 aliphatic heterocycles. The van der Waals surface area contributed by atoms with Crippen LogP contribution in [0.15, 0.2) is 96.6 Å². The summed E-state index contributed by atoms with van der Waals surface area (Å²) in [5.41, 5.74) is 5.35. The predicted molar refractivity (Wildman–Crippen MR) is 240 cm³/mol. The monoisotopic (exact) mass is 849 g/mol. The number of ether oxygens (including phenoxy) is 4. The van der Waals surface area contributed by atoms with E-state index in [1.807, 2.05) is 88.9 Å². The number of amides is 1. The molecular formula is C44H51N9O5S2. The van der Waals surface area contributed by atoms with Gasteiger partial charge >= 0.3 is 6.09 Å². The summed E-state index contributed by atoms with van der Waals surface area (Å²) in [6.07, 6.45) is 10.4. The van der Waals surface area contributed by atoms with Gasteiger partial charge in [-0.1, -0.05) is 48.5 Å². The largest absolute Gasteiger partial charge is 0.497 e. The first kappa shape index (κ1) is 40.9. The van der Waals surface area contributed by atoms with Crippen molar-refractivity contribution in [3.8, 4) is 22.1 Å². The Kier molecular flexibility index (Phi) is 12.4. The van der Waals surface area contributed by atoms with Gasteiger partial charge in [-0.2, -0.15) is 9.97 Å². The number of para-hydroxylation sites is 1. The number of methoxy groups -OCH3 is 2. The standard InChI is InChI=1S/C44H51N9O5S2/c1-55-34-16-14-32(15-17-34)28-51(29-38-46-36-12-9-13-37(56-2)39(36)53(38)31-57-25-27-60(3,4)5)43-48-42(47-40-35(18-20-52(40)43)41-45-19-26-59-41)49-21-23-50(24-22-49)44(54)58-30-33-10-7-6-8-11-33/h6-20,26H,21-25,27-31H2,1-5H3. The Morgan fingerprint density at radius 3 is 2.37 bits per heavy atom. The van der Waals surface area contributed by atoms with Crippen LogP contribution < -0.4 is 19.3 Å². The summed E-state index contributed by atoms with van der Waals surface area (Å²) in [4.78, 5) is 39.7. The van der Waals surface area contributed by atoms with Gasteiger partial charge in [0, 0.05) is 56.3 Å². The molecule has 314 valence electrons. The lowest BCUT2D eigenvalue weighted by Gasteiger charge is -2.34. The van der Waals surface area contributed by atoms with E-state index in [0.717, 1.165) is 61.5 Å².